The van der Waals surface area contributed by atoms with Gasteiger partial charge in [0.15, 0.2) is 0 Å². The van der Waals surface area contributed by atoms with Crippen molar-refractivity contribution in [3.05, 3.63) is 0 Å². The minimum absolute atomic E-state index is 0.749. The van der Waals surface area contributed by atoms with Gasteiger partial charge in [-0.25, -0.2) is 0 Å². The molecule has 1 aliphatic carbocycles. The number of nitrogens with one attached hydrogen (secondary N) is 2. The third-order valence-electron chi connectivity index (χ3n) is 3.58. The molecule has 3 unspecified atom stereocenters. The van der Waals surface area contributed by atoms with Gasteiger partial charge in [0.2, 0.25) is 0 Å². The number of hydrogen-bond donors (Lipinski definition) is 2. The topological polar surface area (TPSA) is 27.3 Å². The van der Waals surface area contributed by atoms with Gasteiger partial charge < -0.3 is 0 Å². The fraction of sp³-hybridized carbons (Fsp3) is 1.00. The van der Waals surface area contributed by atoms with Gasteiger partial charge in [0.1, 0.15) is 0 Å². The number of hydrazine groups is 1. The lowest BCUT2D eigenvalue weighted by molar-refractivity contribution is 0.191. The molecule has 3 aliphatic rings. The van der Waals surface area contributed by atoms with E-state index in [1.54, 1.807) is 0 Å². The van der Waals surface area contributed by atoms with E-state index in [0.29, 0.717) is 0 Å². The van der Waals surface area contributed by atoms with Crippen molar-refractivity contribution < 1.29 is 0 Å². The Kier molecular flexibility index (Phi) is 1.15. The fourth-order valence-electron chi connectivity index (χ4n) is 3.12. The molecule has 0 aromatic heterocycles. The first-order valence-corrected chi connectivity index (χ1v) is 4.65. The van der Waals surface area contributed by atoms with Crippen LogP contribution in [0.2, 0.25) is 0 Å². The zero-order valence-electron chi connectivity index (χ0n) is 6.88. The standard InChI is InChI=1S/C8H15N3/c1-2-11-4-5-3-6-8(11)7(5)10-9-6/h5-10H,2-4H2,1H3/t5?,6-,7?,8?/m0/s1. The molecule has 2 N–H and O–H groups in total. The molecule has 0 aromatic rings. The van der Waals surface area contributed by atoms with Crippen LogP contribution in [0, 0.1) is 5.92 Å². The molecule has 1 saturated carbocycles. The number of nitrogens with zero attached hydrogens (tertiary/aromatic N) is 1. The van der Waals surface area contributed by atoms with Crippen molar-refractivity contribution in [1.82, 2.24) is 15.8 Å². The van der Waals surface area contributed by atoms with E-state index in [-0.39, 0.29) is 0 Å². The highest BCUT2D eigenvalue weighted by Gasteiger charge is 2.55. The summed E-state index contributed by atoms with van der Waals surface area (Å²) < 4.78 is 0. The highest BCUT2D eigenvalue weighted by molar-refractivity contribution is 5.13. The second-order valence-corrected chi connectivity index (χ2v) is 3.99. The Morgan fingerprint density at radius 1 is 1.45 bits per heavy atom. The lowest BCUT2D eigenvalue weighted by atomic mass is 10.0. The number of rotatable bonds is 1. The van der Waals surface area contributed by atoms with Gasteiger partial charge in [-0.1, -0.05) is 6.92 Å². The maximum Gasteiger partial charge on any atom is 0.0433 e. The fourth-order valence-corrected chi connectivity index (χ4v) is 3.12. The highest BCUT2D eigenvalue weighted by atomic mass is 15.5. The Hall–Kier alpha value is -0.120. The molecular weight excluding hydrogens is 138 g/mol. The van der Waals surface area contributed by atoms with Gasteiger partial charge in [0, 0.05) is 24.7 Å². The van der Waals surface area contributed by atoms with Crippen molar-refractivity contribution in [2.75, 3.05) is 13.1 Å². The van der Waals surface area contributed by atoms with Crippen LogP contribution in [-0.2, 0) is 0 Å². The molecule has 2 heterocycles. The van der Waals surface area contributed by atoms with Gasteiger partial charge in [0.05, 0.1) is 0 Å². The maximum absolute atomic E-state index is 3.39. The van der Waals surface area contributed by atoms with Gasteiger partial charge in [-0.3, -0.25) is 15.8 Å². The quantitative estimate of drug-likeness (QED) is 0.534. The Morgan fingerprint density at radius 2 is 2.36 bits per heavy atom. The Balaban J connectivity index is 1.90. The summed E-state index contributed by atoms with van der Waals surface area (Å²) in [5.41, 5.74) is 6.75. The molecule has 3 fully saturated rings. The van der Waals surface area contributed by atoms with E-state index in [1.807, 2.05) is 0 Å². The highest BCUT2D eigenvalue weighted by Crippen LogP contribution is 2.40. The molecule has 3 heteroatoms. The normalized spacial score (nSPS) is 54.3. The molecule has 2 aliphatic heterocycles. The summed E-state index contributed by atoms with van der Waals surface area (Å²) in [5, 5.41) is 0. The summed E-state index contributed by atoms with van der Waals surface area (Å²) in [6.45, 7) is 4.81. The predicted octanol–water partition coefficient (Wildman–Crippen LogP) is -0.445. The molecule has 2 saturated heterocycles. The van der Waals surface area contributed by atoms with Crippen LogP contribution in [0.4, 0.5) is 0 Å². The van der Waals surface area contributed by atoms with Crippen LogP contribution in [0.5, 0.6) is 0 Å². The van der Waals surface area contributed by atoms with Gasteiger partial charge in [-0.15, -0.1) is 0 Å². The summed E-state index contributed by atoms with van der Waals surface area (Å²) in [4.78, 5) is 2.61. The van der Waals surface area contributed by atoms with E-state index in [2.05, 4.69) is 22.7 Å². The number of piperidine rings is 1. The molecule has 62 valence electrons. The molecule has 4 atom stereocenters. The van der Waals surface area contributed by atoms with E-state index in [4.69, 9.17) is 0 Å². The zero-order chi connectivity index (χ0) is 7.42. The second-order valence-electron chi connectivity index (χ2n) is 3.99. The van der Waals surface area contributed by atoms with E-state index < -0.39 is 0 Å². The lowest BCUT2D eigenvalue weighted by Gasteiger charge is -2.30. The molecular formula is C8H15N3. The monoisotopic (exact) mass is 153 g/mol. The van der Waals surface area contributed by atoms with Gasteiger partial charge in [-0.05, 0) is 18.9 Å². The zero-order valence-corrected chi connectivity index (χ0v) is 6.88. The van der Waals surface area contributed by atoms with Crippen LogP contribution in [0.15, 0.2) is 0 Å². The molecule has 0 amide bonds. The molecule has 0 aromatic carbocycles. The molecule has 0 radical (unpaired) electrons. The molecule has 3 rings (SSSR count). The Labute approximate surface area is 67.1 Å². The Morgan fingerprint density at radius 3 is 3.00 bits per heavy atom. The SMILES string of the molecule is CCN1CC2C[C@@H]3NNC2C31. The first-order chi connectivity index (χ1) is 5.40. The largest absolute Gasteiger partial charge is 0.297 e. The van der Waals surface area contributed by atoms with Crippen molar-refractivity contribution in [2.45, 2.75) is 31.5 Å². The first-order valence-electron chi connectivity index (χ1n) is 4.65. The molecule has 11 heavy (non-hydrogen) atoms. The van der Waals surface area contributed by atoms with Crippen LogP contribution in [0.25, 0.3) is 0 Å². The van der Waals surface area contributed by atoms with Crippen LogP contribution in [-0.4, -0.2) is 36.1 Å². The first kappa shape index (κ1) is 6.40. The van der Waals surface area contributed by atoms with Gasteiger partial charge in [-0.2, -0.15) is 0 Å². The summed E-state index contributed by atoms with van der Waals surface area (Å²) in [6, 6.07) is 2.32. The molecule has 0 spiro atoms. The summed E-state index contributed by atoms with van der Waals surface area (Å²) in [6.07, 6.45) is 1.40. The van der Waals surface area contributed by atoms with Crippen LogP contribution < -0.4 is 10.9 Å². The third kappa shape index (κ3) is 0.643. The van der Waals surface area contributed by atoms with Crippen LogP contribution >= 0.6 is 0 Å². The van der Waals surface area contributed by atoms with Crippen LogP contribution in [0.3, 0.4) is 0 Å². The smallest absolute Gasteiger partial charge is 0.0433 e. The van der Waals surface area contributed by atoms with Crippen molar-refractivity contribution >= 4 is 0 Å². The van der Waals surface area contributed by atoms with E-state index >= 15 is 0 Å². The predicted molar refractivity (Wildman–Crippen MR) is 43.0 cm³/mol. The van der Waals surface area contributed by atoms with Crippen LogP contribution in [0.1, 0.15) is 13.3 Å². The molecule has 4 bridgehead atoms. The number of hydrogen-bond acceptors (Lipinski definition) is 3. The summed E-state index contributed by atoms with van der Waals surface area (Å²) >= 11 is 0. The number of likely N-dealkylation sites (N-methyl/N-ethyl adjacent to an activating group) is 1. The van der Waals surface area contributed by atoms with Crippen molar-refractivity contribution in [1.29, 1.82) is 0 Å². The van der Waals surface area contributed by atoms with Crippen molar-refractivity contribution in [3.63, 3.8) is 0 Å². The summed E-state index contributed by atoms with van der Waals surface area (Å²) in [7, 11) is 0. The van der Waals surface area contributed by atoms with Gasteiger partial charge >= 0.3 is 0 Å². The maximum atomic E-state index is 3.39. The average Bonchev–Trinajstić information content (AvgIpc) is 2.67. The van der Waals surface area contributed by atoms with E-state index in [9.17, 15) is 0 Å². The van der Waals surface area contributed by atoms with Crippen molar-refractivity contribution in [2.24, 2.45) is 5.92 Å². The average molecular weight is 153 g/mol. The lowest BCUT2D eigenvalue weighted by Crippen LogP contribution is -2.47. The Bertz CT molecular complexity index is 182. The van der Waals surface area contributed by atoms with Crippen molar-refractivity contribution in [3.8, 4) is 0 Å². The van der Waals surface area contributed by atoms with E-state index in [1.165, 1.54) is 19.5 Å². The minimum Gasteiger partial charge on any atom is -0.297 e. The third-order valence-corrected chi connectivity index (χ3v) is 3.58. The summed E-state index contributed by atoms with van der Waals surface area (Å²) in [5.74, 6) is 0.936. The van der Waals surface area contributed by atoms with Gasteiger partial charge in [0.25, 0.3) is 0 Å². The molecule has 3 nitrogen and oxygen atoms in total. The van der Waals surface area contributed by atoms with E-state index in [0.717, 1.165) is 24.0 Å². The second kappa shape index (κ2) is 1.97. The number of likely N-dealkylation sites (tertiary alicyclic amines) is 1. The minimum atomic E-state index is 0.749.